The Morgan fingerprint density at radius 2 is 2.00 bits per heavy atom. The predicted molar refractivity (Wildman–Crippen MR) is 54.3 cm³/mol. The summed E-state index contributed by atoms with van der Waals surface area (Å²) in [6.45, 7) is 4.37. The van der Waals surface area contributed by atoms with Crippen LogP contribution in [-0.4, -0.2) is 15.0 Å². The Morgan fingerprint density at radius 3 is 2.64 bits per heavy atom. The van der Waals surface area contributed by atoms with E-state index in [1.807, 2.05) is 0 Å². The third kappa shape index (κ3) is 10.3. The van der Waals surface area contributed by atoms with Gasteiger partial charge in [0.25, 0.3) is 0 Å². The van der Waals surface area contributed by atoms with Crippen molar-refractivity contribution < 1.29 is 0 Å². The first kappa shape index (κ1) is 11.3. The van der Waals surface area contributed by atoms with Gasteiger partial charge in [0, 0.05) is 0 Å². The summed E-state index contributed by atoms with van der Waals surface area (Å²) in [5, 5.41) is 2.83. The van der Waals surface area contributed by atoms with Crippen LogP contribution in [0.3, 0.4) is 0 Å². The first-order valence-corrected chi connectivity index (χ1v) is 7.03. The quantitative estimate of drug-likeness (QED) is 0.348. The third-order valence-corrected chi connectivity index (χ3v) is 3.70. The Balaban J connectivity index is 2.79. The van der Waals surface area contributed by atoms with Gasteiger partial charge in [-0.05, 0) is 0 Å². The van der Waals surface area contributed by atoms with E-state index in [9.17, 15) is 0 Å². The van der Waals surface area contributed by atoms with Crippen LogP contribution in [-0.2, 0) is 0 Å². The van der Waals surface area contributed by atoms with Gasteiger partial charge in [-0.25, -0.2) is 0 Å². The molecule has 0 bridgehead atoms. The molecular weight excluding hydrogens is 199 g/mol. The SMILES string of the molecule is C/C=C/C[Se]CCCCCC. The van der Waals surface area contributed by atoms with Crippen molar-refractivity contribution in [2.75, 3.05) is 0 Å². The molecule has 0 unspecified atom stereocenters. The Morgan fingerprint density at radius 1 is 1.18 bits per heavy atom. The number of hydrogen-bond acceptors (Lipinski definition) is 0. The van der Waals surface area contributed by atoms with E-state index in [4.69, 9.17) is 0 Å². The van der Waals surface area contributed by atoms with Crippen LogP contribution >= 0.6 is 0 Å². The standard InChI is InChI=1S/C10H20Se/c1-3-5-7-8-10-11-9-6-4-2/h4,6H,3,5,7-10H2,1-2H3/b6-4+. The van der Waals surface area contributed by atoms with Crippen molar-refractivity contribution in [2.45, 2.75) is 50.2 Å². The van der Waals surface area contributed by atoms with Crippen LogP contribution in [0.15, 0.2) is 12.2 Å². The fourth-order valence-electron chi connectivity index (χ4n) is 0.879. The van der Waals surface area contributed by atoms with Crippen molar-refractivity contribution in [3.63, 3.8) is 0 Å². The Kier molecular flexibility index (Phi) is 10.5. The molecule has 0 spiro atoms. The fraction of sp³-hybridized carbons (Fsp3) is 0.800. The zero-order valence-corrected chi connectivity index (χ0v) is 9.52. The third-order valence-electron chi connectivity index (χ3n) is 1.59. The van der Waals surface area contributed by atoms with Gasteiger partial charge in [0.2, 0.25) is 0 Å². The molecule has 0 heterocycles. The topological polar surface area (TPSA) is 0 Å². The van der Waals surface area contributed by atoms with Gasteiger partial charge in [-0.1, -0.05) is 0 Å². The summed E-state index contributed by atoms with van der Waals surface area (Å²) in [6.07, 6.45) is 10.2. The average molecular weight is 219 g/mol. The van der Waals surface area contributed by atoms with Crippen molar-refractivity contribution >= 4 is 15.0 Å². The van der Waals surface area contributed by atoms with Gasteiger partial charge in [-0.2, -0.15) is 0 Å². The molecule has 0 saturated heterocycles. The van der Waals surface area contributed by atoms with Gasteiger partial charge in [0.15, 0.2) is 0 Å². The second-order valence-electron chi connectivity index (χ2n) is 2.70. The molecule has 0 nitrogen and oxygen atoms in total. The van der Waals surface area contributed by atoms with Crippen molar-refractivity contribution in [3.8, 4) is 0 Å². The van der Waals surface area contributed by atoms with Gasteiger partial charge in [0.05, 0.1) is 0 Å². The van der Waals surface area contributed by atoms with Crippen LogP contribution in [0.4, 0.5) is 0 Å². The molecule has 0 amide bonds. The van der Waals surface area contributed by atoms with Crippen LogP contribution in [0.1, 0.15) is 39.5 Å². The molecule has 0 aliphatic rings. The van der Waals surface area contributed by atoms with E-state index in [1.54, 1.807) is 0 Å². The molecule has 0 fully saturated rings. The second-order valence-corrected chi connectivity index (χ2v) is 5.12. The maximum absolute atomic E-state index is 2.29. The summed E-state index contributed by atoms with van der Waals surface area (Å²) in [5.74, 6) is 0. The van der Waals surface area contributed by atoms with E-state index in [2.05, 4.69) is 26.0 Å². The zero-order valence-electron chi connectivity index (χ0n) is 7.81. The minimum absolute atomic E-state index is 0.889. The number of allylic oxidation sites excluding steroid dienone is 2. The molecule has 0 aliphatic carbocycles. The van der Waals surface area contributed by atoms with Crippen LogP contribution in [0.5, 0.6) is 0 Å². The van der Waals surface area contributed by atoms with Crippen LogP contribution < -0.4 is 0 Å². The van der Waals surface area contributed by atoms with Crippen molar-refractivity contribution in [1.29, 1.82) is 0 Å². The summed E-state index contributed by atoms with van der Waals surface area (Å²) in [6, 6.07) is 0. The van der Waals surface area contributed by atoms with E-state index in [0.29, 0.717) is 0 Å². The molecule has 11 heavy (non-hydrogen) atoms. The molecule has 0 aromatic rings. The van der Waals surface area contributed by atoms with Crippen molar-refractivity contribution in [1.82, 2.24) is 0 Å². The molecular formula is C10H20Se. The fourth-order valence-corrected chi connectivity index (χ4v) is 2.77. The second kappa shape index (κ2) is 10.3. The normalized spacial score (nSPS) is 11.1. The van der Waals surface area contributed by atoms with E-state index >= 15 is 0 Å². The maximum atomic E-state index is 2.29. The monoisotopic (exact) mass is 220 g/mol. The Bertz CT molecular complexity index is 86.9. The van der Waals surface area contributed by atoms with E-state index in [-0.39, 0.29) is 0 Å². The van der Waals surface area contributed by atoms with Gasteiger partial charge in [-0.15, -0.1) is 0 Å². The molecule has 0 N–H and O–H groups in total. The van der Waals surface area contributed by atoms with E-state index < -0.39 is 0 Å². The Labute approximate surface area is 77.6 Å². The summed E-state index contributed by atoms with van der Waals surface area (Å²) < 4.78 is 0. The average Bonchev–Trinajstić information content (AvgIpc) is 2.03. The van der Waals surface area contributed by atoms with Gasteiger partial charge in [0.1, 0.15) is 0 Å². The van der Waals surface area contributed by atoms with Crippen molar-refractivity contribution in [3.05, 3.63) is 12.2 Å². The molecule has 0 aromatic heterocycles. The first-order chi connectivity index (χ1) is 5.41. The van der Waals surface area contributed by atoms with Crippen LogP contribution in [0.2, 0.25) is 10.6 Å². The molecule has 66 valence electrons. The molecule has 0 aliphatic heterocycles. The molecule has 0 saturated carbocycles. The van der Waals surface area contributed by atoms with E-state index in [0.717, 1.165) is 15.0 Å². The summed E-state index contributed by atoms with van der Waals surface area (Å²) >= 11 is 0.889. The molecule has 1 heteroatoms. The van der Waals surface area contributed by atoms with Gasteiger partial charge >= 0.3 is 77.3 Å². The zero-order chi connectivity index (χ0) is 8.36. The predicted octanol–water partition coefficient (Wildman–Crippen LogP) is 3.68. The number of hydrogen-bond donors (Lipinski definition) is 0. The summed E-state index contributed by atoms with van der Waals surface area (Å²) in [7, 11) is 0. The van der Waals surface area contributed by atoms with Crippen molar-refractivity contribution in [2.24, 2.45) is 0 Å². The Hall–Kier alpha value is 0.259. The number of unbranched alkanes of at least 4 members (excludes halogenated alkanes) is 3. The molecule has 0 rings (SSSR count). The number of rotatable bonds is 7. The summed E-state index contributed by atoms with van der Waals surface area (Å²) in [5.41, 5.74) is 0. The van der Waals surface area contributed by atoms with E-state index in [1.165, 1.54) is 36.3 Å². The van der Waals surface area contributed by atoms with Gasteiger partial charge in [-0.3, -0.25) is 0 Å². The van der Waals surface area contributed by atoms with Gasteiger partial charge < -0.3 is 0 Å². The minimum atomic E-state index is 0.889. The molecule has 0 aromatic carbocycles. The molecule has 0 radical (unpaired) electrons. The van der Waals surface area contributed by atoms with Crippen LogP contribution in [0.25, 0.3) is 0 Å². The summed E-state index contributed by atoms with van der Waals surface area (Å²) in [4.78, 5) is 0. The first-order valence-electron chi connectivity index (χ1n) is 4.60. The van der Waals surface area contributed by atoms with Crippen LogP contribution in [0, 0.1) is 0 Å². The molecule has 0 atom stereocenters.